The molecule has 1 aliphatic heterocycles. The average molecular weight is 346 g/mol. The molecule has 6 heteroatoms. The van der Waals surface area contributed by atoms with Crippen LogP contribution in [0.1, 0.15) is 33.9 Å². The summed E-state index contributed by atoms with van der Waals surface area (Å²) >= 11 is 1.63. The fraction of sp³-hybridized carbons (Fsp3) is 0.444. The van der Waals surface area contributed by atoms with E-state index in [9.17, 15) is 4.79 Å². The van der Waals surface area contributed by atoms with E-state index >= 15 is 0 Å². The van der Waals surface area contributed by atoms with Crippen LogP contribution in [-0.4, -0.2) is 36.8 Å². The van der Waals surface area contributed by atoms with Crippen LogP contribution in [0.15, 0.2) is 29.6 Å². The molecule has 1 aromatic heterocycles. The minimum absolute atomic E-state index is 0.0930. The van der Waals surface area contributed by atoms with Crippen molar-refractivity contribution in [2.75, 3.05) is 19.8 Å². The Morgan fingerprint density at radius 2 is 2.42 bits per heavy atom. The number of carbonyl (C=O) groups excluding carboxylic acids is 1. The number of aromatic nitrogens is 1. The highest BCUT2D eigenvalue weighted by atomic mass is 32.1. The molecular weight excluding hydrogens is 324 g/mol. The molecule has 2 heterocycles. The van der Waals surface area contributed by atoms with E-state index in [1.807, 2.05) is 24.4 Å². The monoisotopic (exact) mass is 346 g/mol. The number of nitrogens with one attached hydrogen (secondary N) is 1. The fourth-order valence-electron chi connectivity index (χ4n) is 2.62. The van der Waals surface area contributed by atoms with Crippen molar-refractivity contribution < 1.29 is 14.3 Å². The Hall–Kier alpha value is -1.92. The van der Waals surface area contributed by atoms with Gasteiger partial charge in [-0.05, 0) is 38.0 Å². The number of nitrogens with zero attached hydrogens (tertiary/aromatic N) is 1. The molecule has 0 radical (unpaired) electrons. The number of carbonyl (C=O) groups is 1. The van der Waals surface area contributed by atoms with Crippen LogP contribution >= 0.6 is 11.3 Å². The van der Waals surface area contributed by atoms with Gasteiger partial charge in [0.1, 0.15) is 12.4 Å². The second-order valence-electron chi connectivity index (χ2n) is 5.84. The minimum Gasteiger partial charge on any atom is -0.491 e. The molecule has 0 spiro atoms. The molecule has 0 unspecified atom stereocenters. The van der Waals surface area contributed by atoms with Gasteiger partial charge in [-0.15, -0.1) is 11.3 Å². The smallest absolute Gasteiger partial charge is 0.251 e. The van der Waals surface area contributed by atoms with Crippen LogP contribution in [0, 0.1) is 6.92 Å². The summed E-state index contributed by atoms with van der Waals surface area (Å²) in [6.07, 6.45) is 3.04. The third-order valence-corrected chi connectivity index (χ3v) is 4.71. The third-order valence-electron chi connectivity index (χ3n) is 3.89. The van der Waals surface area contributed by atoms with Crippen molar-refractivity contribution in [3.8, 4) is 5.75 Å². The number of ether oxygens (including phenoxy) is 2. The van der Waals surface area contributed by atoms with Gasteiger partial charge in [-0.2, -0.15) is 0 Å². The Labute approximate surface area is 146 Å². The molecule has 1 aliphatic rings. The van der Waals surface area contributed by atoms with E-state index in [0.29, 0.717) is 24.5 Å². The van der Waals surface area contributed by atoms with Gasteiger partial charge < -0.3 is 14.8 Å². The molecule has 1 saturated heterocycles. The third kappa shape index (κ3) is 4.79. The molecule has 5 nitrogen and oxygen atoms in total. The summed E-state index contributed by atoms with van der Waals surface area (Å²) in [7, 11) is 0. The number of amides is 1. The van der Waals surface area contributed by atoms with E-state index in [0.717, 1.165) is 36.6 Å². The standard InChI is InChI=1S/C18H22N2O3S/c1-13-20-15(12-24-13)7-8-19-18(21)14-4-2-5-16(10-14)23-11-17-6-3-9-22-17/h2,4-5,10,12,17H,3,6-9,11H2,1H3,(H,19,21)/t17-/m0/s1. The SMILES string of the molecule is Cc1nc(CCNC(=O)c2cccc(OC[C@@H]3CCCO3)c2)cs1. The van der Waals surface area contributed by atoms with Crippen LogP contribution in [0.2, 0.25) is 0 Å². The van der Waals surface area contributed by atoms with Crippen molar-refractivity contribution in [2.45, 2.75) is 32.3 Å². The lowest BCUT2D eigenvalue weighted by Crippen LogP contribution is -2.25. The molecule has 1 amide bonds. The highest BCUT2D eigenvalue weighted by Crippen LogP contribution is 2.17. The molecule has 2 aromatic rings. The number of hydrogen-bond acceptors (Lipinski definition) is 5. The summed E-state index contributed by atoms with van der Waals surface area (Å²) in [4.78, 5) is 16.6. The van der Waals surface area contributed by atoms with Gasteiger partial charge in [0.2, 0.25) is 0 Å². The van der Waals surface area contributed by atoms with Gasteiger partial charge in [0.15, 0.2) is 0 Å². The Morgan fingerprint density at radius 3 is 3.17 bits per heavy atom. The average Bonchev–Trinajstić information content (AvgIpc) is 3.25. The molecule has 1 fully saturated rings. The predicted molar refractivity (Wildman–Crippen MR) is 93.8 cm³/mol. The second-order valence-corrected chi connectivity index (χ2v) is 6.90. The molecule has 1 atom stereocenters. The van der Waals surface area contributed by atoms with E-state index in [1.165, 1.54) is 0 Å². The van der Waals surface area contributed by atoms with Crippen LogP contribution in [0.4, 0.5) is 0 Å². The zero-order valence-electron chi connectivity index (χ0n) is 13.8. The fourth-order valence-corrected chi connectivity index (χ4v) is 3.27. The van der Waals surface area contributed by atoms with Crippen LogP contribution < -0.4 is 10.1 Å². The van der Waals surface area contributed by atoms with Crippen molar-refractivity contribution in [3.05, 3.63) is 45.9 Å². The van der Waals surface area contributed by atoms with Crippen LogP contribution in [0.5, 0.6) is 5.75 Å². The van der Waals surface area contributed by atoms with Crippen molar-refractivity contribution in [2.24, 2.45) is 0 Å². The lowest BCUT2D eigenvalue weighted by molar-refractivity contribution is 0.0679. The molecule has 0 saturated carbocycles. The molecule has 24 heavy (non-hydrogen) atoms. The largest absolute Gasteiger partial charge is 0.491 e. The number of rotatable bonds is 7. The van der Waals surface area contributed by atoms with E-state index in [2.05, 4.69) is 10.3 Å². The van der Waals surface area contributed by atoms with E-state index in [1.54, 1.807) is 23.5 Å². The van der Waals surface area contributed by atoms with Crippen LogP contribution in [0.25, 0.3) is 0 Å². The summed E-state index contributed by atoms with van der Waals surface area (Å²) in [5, 5.41) is 6.00. The zero-order chi connectivity index (χ0) is 16.8. The number of benzene rings is 1. The molecule has 1 aromatic carbocycles. The van der Waals surface area contributed by atoms with Gasteiger partial charge in [-0.25, -0.2) is 4.98 Å². The van der Waals surface area contributed by atoms with E-state index < -0.39 is 0 Å². The number of aryl methyl sites for hydroxylation is 1. The van der Waals surface area contributed by atoms with Gasteiger partial charge in [0.05, 0.1) is 16.8 Å². The minimum atomic E-state index is -0.0930. The summed E-state index contributed by atoms with van der Waals surface area (Å²) in [5.74, 6) is 0.609. The van der Waals surface area contributed by atoms with Crippen LogP contribution in [-0.2, 0) is 11.2 Å². The van der Waals surface area contributed by atoms with Gasteiger partial charge >= 0.3 is 0 Å². The summed E-state index contributed by atoms with van der Waals surface area (Å²) in [6.45, 7) is 3.90. The highest BCUT2D eigenvalue weighted by molar-refractivity contribution is 7.09. The van der Waals surface area contributed by atoms with Crippen molar-refractivity contribution in [3.63, 3.8) is 0 Å². The second kappa shape index (κ2) is 8.26. The number of hydrogen-bond donors (Lipinski definition) is 1. The first-order valence-corrected chi connectivity index (χ1v) is 9.12. The van der Waals surface area contributed by atoms with Crippen molar-refractivity contribution in [1.82, 2.24) is 10.3 Å². The quantitative estimate of drug-likeness (QED) is 0.837. The van der Waals surface area contributed by atoms with Gasteiger partial charge in [-0.3, -0.25) is 4.79 Å². The molecular formula is C18H22N2O3S. The Kier molecular flexibility index (Phi) is 5.82. The molecule has 1 N–H and O–H groups in total. The van der Waals surface area contributed by atoms with Crippen LogP contribution in [0.3, 0.4) is 0 Å². The Morgan fingerprint density at radius 1 is 1.50 bits per heavy atom. The molecule has 0 aliphatic carbocycles. The Balaban J connectivity index is 1.47. The van der Waals surface area contributed by atoms with E-state index in [4.69, 9.17) is 9.47 Å². The topological polar surface area (TPSA) is 60.5 Å². The lowest BCUT2D eigenvalue weighted by Gasteiger charge is -2.12. The maximum Gasteiger partial charge on any atom is 0.251 e. The number of thiazole rings is 1. The van der Waals surface area contributed by atoms with Gasteiger partial charge in [-0.1, -0.05) is 6.07 Å². The lowest BCUT2D eigenvalue weighted by atomic mass is 10.2. The zero-order valence-corrected chi connectivity index (χ0v) is 14.6. The predicted octanol–water partition coefficient (Wildman–Crippen LogP) is 2.98. The first kappa shape index (κ1) is 16.9. The molecule has 128 valence electrons. The summed E-state index contributed by atoms with van der Waals surface area (Å²) < 4.78 is 11.3. The highest BCUT2D eigenvalue weighted by Gasteiger charge is 2.16. The summed E-state index contributed by atoms with van der Waals surface area (Å²) in [6, 6.07) is 7.27. The van der Waals surface area contributed by atoms with Gasteiger partial charge in [0, 0.05) is 30.5 Å². The van der Waals surface area contributed by atoms with Crippen molar-refractivity contribution >= 4 is 17.2 Å². The maximum atomic E-state index is 12.2. The first-order chi connectivity index (χ1) is 11.7. The molecule has 0 bridgehead atoms. The normalized spacial score (nSPS) is 17.0. The maximum absolute atomic E-state index is 12.2. The first-order valence-electron chi connectivity index (χ1n) is 8.24. The summed E-state index contributed by atoms with van der Waals surface area (Å²) in [5.41, 5.74) is 1.63. The van der Waals surface area contributed by atoms with Gasteiger partial charge in [0.25, 0.3) is 5.91 Å². The molecule has 3 rings (SSSR count). The van der Waals surface area contributed by atoms with E-state index in [-0.39, 0.29) is 12.0 Å². The van der Waals surface area contributed by atoms with Crippen molar-refractivity contribution in [1.29, 1.82) is 0 Å². The Bertz CT molecular complexity index is 680.